The maximum Gasteiger partial charge on any atom is 0.336 e. The largest absolute Gasteiger partial charge is 0.478 e. The molecule has 0 fully saturated rings. The number of nitrogens with two attached hydrogens (primary N) is 3. The van der Waals surface area contributed by atoms with Gasteiger partial charge in [0, 0.05) is 16.0 Å². The number of pyridine rings is 1. The summed E-state index contributed by atoms with van der Waals surface area (Å²) >= 11 is 5.98. The molecule has 0 spiro atoms. The van der Waals surface area contributed by atoms with E-state index in [9.17, 15) is 9.90 Å². The van der Waals surface area contributed by atoms with Crippen LogP contribution in [0.5, 0.6) is 0 Å². The minimum atomic E-state index is -1.07. The van der Waals surface area contributed by atoms with Gasteiger partial charge in [0.2, 0.25) is 5.96 Å². The molecule has 0 amide bonds. The van der Waals surface area contributed by atoms with Crippen molar-refractivity contribution in [2.75, 3.05) is 0 Å². The summed E-state index contributed by atoms with van der Waals surface area (Å²) in [6.07, 6.45) is 0. The first-order valence-corrected chi connectivity index (χ1v) is 8.09. The molecular formula is C18H15ClN6O2. The number of carboxylic acid groups (broad SMARTS) is 1. The molecule has 0 aliphatic heterocycles. The summed E-state index contributed by atoms with van der Waals surface area (Å²) < 4.78 is 0. The number of halogens is 1. The molecule has 27 heavy (non-hydrogen) atoms. The number of fused-ring (bicyclic) bond motifs is 1. The van der Waals surface area contributed by atoms with Crippen LogP contribution in [0.1, 0.15) is 10.4 Å². The first kappa shape index (κ1) is 18.2. The maximum atomic E-state index is 11.7. The molecule has 0 aliphatic carbocycles. The summed E-state index contributed by atoms with van der Waals surface area (Å²) in [6.45, 7) is 0. The lowest BCUT2D eigenvalue weighted by molar-refractivity contribution is 0.0699. The van der Waals surface area contributed by atoms with E-state index < -0.39 is 5.97 Å². The smallest absolute Gasteiger partial charge is 0.336 e. The lowest BCUT2D eigenvalue weighted by Gasteiger charge is -2.08. The van der Waals surface area contributed by atoms with Crippen LogP contribution in [0.4, 0.5) is 5.69 Å². The van der Waals surface area contributed by atoms with Gasteiger partial charge in [-0.2, -0.15) is 4.99 Å². The van der Waals surface area contributed by atoms with E-state index >= 15 is 0 Å². The predicted molar refractivity (Wildman–Crippen MR) is 106 cm³/mol. The number of aromatic carboxylic acids is 1. The van der Waals surface area contributed by atoms with Gasteiger partial charge in [0.05, 0.1) is 22.5 Å². The average molecular weight is 383 g/mol. The van der Waals surface area contributed by atoms with Crippen LogP contribution in [-0.4, -0.2) is 28.0 Å². The van der Waals surface area contributed by atoms with Crippen molar-refractivity contribution in [3.05, 3.63) is 59.1 Å². The Morgan fingerprint density at radius 3 is 2.56 bits per heavy atom. The molecule has 136 valence electrons. The normalized spacial score (nSPS) is 11.4. The van der Waals surface area contributed by atoms with Gasteiger partial charge < -0.3 is 22.3 Å². The molecule has 1 heterocycles. The topological polar surface area (TPSA) is 153 Å². The molecule has 7 N–H and O–H groups in total. The van der Waals surface area contributed by atoms with E-state index in [1.165, 1.54) is 6.07 Å². The van der Waals surface area contributed by atoms with E-state index in [0.29, 0.717) is 32.9 Å². The van der Waals surface area contributed by atoms with Gasteiger partial charge in [-0.1, -0.05) is 23.7 Å². The van der Waals surface area contributed by atoms with Crippen molar-refractivity contribution in [1.82, 2.24) is 4.98 Å². The zero-order chi connectivity index (χ0) is 19.6. The highest BCUT2D eigenvalue weighted by atomic mass is 35.5. The molecule has 0 saturated carbocycles. The molecule has 0 bridgehead atoms. The van der Waals surface area contributed by atoms with Gasteiger partial charge in [-0.05, 0) is 36.4 Å². The Morgan fingerprint density at radius 1 is 1.07 bits per heavy atom. The Labute approximate surface area is 159 Å². The number of carbonyl (C=O) groups is 1. The van der Waals surface area contributed by atoms with Crippen LogP contribution in [0.3, 0.4) is 0 Å². The van der Waals surface area contributed by atoms with E-state index in [1.807, 2.05) is 0 Å². The van der Waals surface area contributed by atoms with E-state index in [-0.39, 0.29) is 17.5 Å². The lowest BCUT2D eigenvalue weighted by atomic mass is 10.0. The van der Waals surface area contributed by atoms with Crippen molar-refractivity contribution in [2.45, 2.75) is 0 Å². The molecule has 3 aromatic rings. The first-order chi connectivity index (χ1) is 12.8. The Balaban J connectivity index is 2.13. The van der Waals surface area contributed by atoms with Crippen LogP contribution >= 0.6 is 11.6 Å². The minimum Gasteiger partial charge on any atom is -0.478 e. The van der Waals surface area contributed by atoms with Gasteiger partial charge in [0.15, 0.2) is 5.96 Å². The molecular weight excluding hydrogens is 368 g/mol. The van der Waals surface area contributed by atoms with Crippen molar-refractivity contribution in [1.29, 1.82) is 0 Å². The van der Waals surface area contributed by atoms with E-state index in [0.717, 1.165) is 0 Å². The molecule has 0 radical (unpaired) electrons. The summed E-state index contributed by atoms with van der Waals surface area (Å²) in [4.78, 5) is 24.0. The van der Waals surface area contributed by atoms with E-state index in [4.69, 9.17) is 28.8 Å². The van der Waals surface area contributed by atoms with Crippen molar-refractivity contribution in [2.24, 2.45) is 27.2 Å². The monoisotopic (exact) mass is 382 g/mol. The standard InChI is InChI=1S/C18H15ClN6O2/c19-10-4-5-14-12(7-10)13(16(26)27)8-15(24-14)9-2-1-3-11(6-9)23-18(22)25-17(20)21/h1-8H,(H,26,27)(H6,20,21,22,23,25). The second-order valence-corrected chi connectivity index (χ2v) is 6.02. The molecule has 0 saturated heterocycles. The Bertz CT molecular complexity index is 1110. The fourth-order valence-corrected chi connectivity index (χ4v) is 2.72. The summed E-state index contributed by atoms with van der Waals surface area (Å²) in [5.74, 6) is -1.37. The summed E-state index contributed by atoms with van der Waals surface area (Å²) in [6, 6.07) is 13.3. The minimum absolute atomic E-state index is 0.0977. The van der Waals surface area contributed by atoms with Gasteiger partial charge in [0.25, 0.3) is 0 Å². The van der Waals surface area contributed by atoms with E-state index in [1.54, 1.807) is 42.5 Å². The molecule has 3 rings (SSSR count). The molecule has 9 heteroatoms. The Morgan fingerprint density at radius 2 is 1.85 bits per heavy atom. The summed E-state index contributed by atoms with van der Waals surface area (Å²) in [5, 5.41) is 10.5. The third-order valence-electron chi connectivity index (χ3n) is 3.63. The Hall–Kier alpha value is -3.65. The van der Waals surface area contributed by atoms with Gasteiger partial charge in [-0.25, -0.2) is 14.8 Å². The second-order valence-electron chi connectivity index (χ2n) is 5.58. The number of carboxylic acids is 1. The molecule has 0 aliphatic rings. The number of nitrogens with zero attached hydrogens (tertiary/aromatic N) is 3. The van der Waals surface area contributed by atoms with Crippen LogP contribution < -0.4 is 17.2 Å². The molecule has 0 atom stereocenters. The third-order valence-corrected chi connectivity index (χ3v) is 3.87. The number of guanidine groups is 2. The maximum absolute atomic E-state index is 11.7. The van der Waals surface area contributed by atoms with Gasteiger partial charge in [0.1, 0.15) is 0 Å². The third kappa shape index (κ3) is 4.13. The molecule has 0 unspecified atom stereocenters. The zero-order valence-corrected chi connectivity index (χ0v) is 14.7. The van der Waals surface area contributed by atoms with Crippen molar-refractivity contribution in [3.8, 4) is 11.3 Å². The average Bonchev–Trinajstić information content (AvgIpc) is 2.60. The van der Waals surface area contributed by atoms with Crippen LogP contribution in [0, 0.1) is 0 Å². The number of aromatic nitrogens is 1. The van der Waals surface area contributed by atoms with Crippen molar-refractivity contribution < 1.29 is 9.90 Å². The van der Waals surface area contributed by atoms with Crippen LogP contribution in [0.15, 0.2) is 58.5 Å². The highest BCUT2D eigenvalue weighted by molar-refractivity contribution is 6.31. The van der Waals surface area contributed by atoms with Crippen molar-refractivity contribution >= 4 is 46.1 Å². The summed E-state index contributed by atoms with van der Waals surface area (Å²) in [5.41, 5.74) is 18.4. The van der Waals surface area contributed by atoms with Crippen LogP contribution in [-0.2, 0) is 0 Å². The van der Waals surface area contributed by atoms with E-state index in [2.05, 4.69) is 15.0 Å². The number of aliphatic imine (C=N–C) groups is 2. The van der Waals surface area contributed by atoms with Crippen molar-refractivity contribution in [3.63, 3.8) is 0 Å². The number of benzene rings is 2. The number of hydrogen-bond acceptors (Lipinski definition) is 3. The van der Waals surface area contributed by atoms with Crippen LogP contribution in [0.2, 0.25) is 5.02 Å². The highest BCUT2D eigenvalue weighted by Crippen LogP contribution is 2.29. The quantitative estimate of drug-likeness (QED) is 0.403. The lowest BCUT2D eigenvalue weighted by Crippen LogP contribution is -2.26. The van der Waals surface area contributed by atoms with Gasteiger partial charge in [-0.15, -0.1) is 0 Å². The van der Waals surface area contributed by atoms with Gasteiger partial charge in [-0.3, -0.25) is 0 Å². The molecule has 2 aromatic carbocycles. The number of hydrogen-bond donors (Lipinski definition) is 4. The fourth-order valence-electron chi connectivity index (χ4n) is 2.55. The Kier molecular flexibility index (Phi) is 4.91. The van der Waals surface area contributed by atoms with Crippen LogP contribution in [0.25, 0.3) is 22.2 Å². The molecule has 8 nitrogen and oxygen atoms in total. The molecule has 1 aromatic heterocycles. The number of rotatable bonds is 3. The first-order valence-electron chi connectivity index (χ1n) is 7.71. The zero-order valence-electron chi connectivity index (χ0n) is 13.9. The van der Waals surface area contributed by atoms with Gasteiger partial charge >= 0.3 is 5.97 Å². The highest BCUT2D eigenvalue weighted by Gasteiger charge is 2.13. The summed E-state index contributed by atoms with van der Waals surface area (Å²) in [7, 11) is 0. The SMILES string of the molecule is NC(N)=NC(N)=Nc1cccc(-c2cc(C(=O)O)c3cc(Cl)ccc3n2)c1. The fraction of sp³-hybridized carbons (Fsp3) is 0. The predicted octanol–water partition coefficient (Wildman–Crippen LogP) is 2.47. The second kappa shape index (κ2) is 7.30.